The summed E-state index contributed by atoms with van der Waals surface area (Å²) in [5.74, 6) is 0.117. The Morgan fingerprint density at radius 2 is 2.25 bits per heavy atom. The summed E-state index contributed by atoms with van der Waals surface area (Å²) in [6.07, 6.45) is 2.92. The van der Waals surface area contributed by atoms with Crippen LogP contribution in [0.15, 0.2) is 18.2 Å². The fraction of sp³-hybridized carbons (Fsp3) is 0.533. The van der Waals surface area contributed by atoms with Crippen LogP contribution in [-0.2, 0) is 4.79 Å². The SMILES string of the molecule is CC(C1CC1)N(C)CCC(=O)Nc1cc(N)ccc1F. The van der Waals surface area contributed by atoms with Gasteiger partial charge in [-0.3, -0.25) is 4.79 Å². The zero-order valence-corrected chi connectivity index (χ0v) is 12.0. The number of nitrogen functional groups attached to an aromatic ring is 1. The maximum atomic E-state index is 13.5. The predicted molar refractivity (Wildman–Crippen MR) is 78.9 cm³/mol. The van der Waals surface area contributed by atoms with Crippen LogP contribution in [-0.4, -0.2) is 30.4 Å². The van der Waals surface area contributed by atoms with Crippen molar-refractivity contribution in [2.45, 2.75) is 32.2 Å². The summed E-state index contributed by atoms with van der Waals surface area (Å²) in [7, 11) is 2.03. The number of nitrogens with two attached hydrogens (primary N) is 1. The molecule has 1 aromatic carbocycles. The molecule has 0 heterocycles. The lowest BCUT2D eigenvalue weighted by molar-refractivity contribution is -0.116. The Hall–Kier alpha value is -1.62. The number of hydrogen-bond donors (Lipinski definition) is 2. The molecule has 1 saturated carbocycles. The zero-order chi connectivity index (χ0) is 14.7. The van der Waals surface area contributed by atoms with Crippen molar-refractivity contribution in [3.05, 3.63) is 24.0 Å². The lowest BCUT2D eigenvalue weighted by Crippen LogP contribution is -2.33. The molecule has 5 heteroatoms. The van der Waals surface area contributed by atoms with Crippen LogP contribution in [0.4, 0.5) is 15.8 Å². The molecule has 1 aromatic rings. The Bertz CT molecular complexity index is 488. The van der Waals surface area contributed by atoms with Crippen LogP contribution in [0.3, 0.4) is 0 Å². The highest BCUT2D eigenvalue weighted by Gasteiger charge is 2.30. The number of amides is 1. The maximum absolute atomic E-state index is 13.5. The number of nitrogens with zero attached hydrogens (tertiary/aromatic N) is 1. The van der Waals surface area contributed by atoms with Crippen LogP contribution >= 0.6 is 0 Å². The van der Waals surface area contributed by atoms with Gasteiger partial charge in [0.1, 0.15) is 5.82 Å². The predicted octanol–water partition coefficient (Wildman–Crippen LogP) is 2.47. The minimum Gasteiger partial charge on any atom is -0.399 e. The Balaban J connectivity index is 1.81. The normalized spacial score (nSPS) is 16.2. The number of anilines is 2. The zero-order valence-electron chi connectivity index (χ0n) is 12.0. The summed E-state index contributed by atoms with van der Waals surface area (Å²) in [5.41, 5.74) is 6.16. The number of carbonyl (C=O) groups excluding carboxylic acids is 1. The second kappa shape index (κ2) is 6.22. The molecule has 1 aliphatic rings. The van der Waals surface area contributed by atoms with Crippen molar-refractivity contribution >= 4 is 17.3 Å². The summed E-state index contributed by atoms with van der Waals surface area (Å²) in [6.45, 7) is 2.86. The van der Waals surface area contributed by atoms with Gasteiger partial charge in [-0.1, -0.05) is 0 Å². The van der Waals surface area contributed by atoms with Crippen LogP contribution in [0, 0.1) is 11.7 Å². The fourth-order valence-corrected chi connectivity index (χ4v) is 2.27. The van der Waals surface area contributed by atoms with Gasteiger partial charge in [0.15, 0.2) is 0 Å². The van der Waals surface area contributed by atoms with Crippen LogP contribution in [0.5, 0.6) is 0 Å². The van der Waals surface area contributed by atoms with Gasteiger partial charge in [0, 0.05) is 24.7 Å². The van der Waals surface area contributed by atoms with Gasteiger partial charge in [-0.15, -0.1) is 0 Å². The molecule has 1 unspecified atom stereocenters. The fourth-order valence-electron chi connectivity index (χ4n) is 2.27. The van der Waals surface area contributed by atoms with E-state index in [1.165, 1.54) is 31.0 Å². The van der Waals surface area contributed by atoms with E-state index in [9.17, 15) is 9.18 Å². The third kappa shape index (κ3) is 3.93. The number of halogens is 1. The van der Waals surface area contributed by atoms with E-state index in [2.05, 4.69) is 17.1 Å². The first-order valence-electron chi connectivity index (χ1n) is 7.02. The molecule has 1 amide bonds. The Morgan fingerprint density at radius 3 is 2.90 bits per heavy atom. The summed E-state index contributed by atoms with van der Waals surface area (Å²) < 4.78 is 13.5. The quantitative estimate of drug-likeness (QED) is 0.786. The van der Waals surface area contributed by atoms with Crippen molar-refractivity contribution in [3.63, 3.8) is 0 Å². The van der Waals surface area contributed by atoms with Crippen LogP contribution in [0.2, 0.25) is 0 Å². The minimum atomic E-state index is -0.466. The van der Waals surface area contributed by atoms with Crippen molar-refractivity contribution in [1.29, 1.82) is 0 Å². The Kier molecular flexibility index (Phi) is 4.60. The van der Waals surface area contributed by atoms with E-state index in [0.717, 1.165) is 5.92 Å². The van der Waals surface area contributed by atoms with E-state index in [4.69, 9.17) is 5.73 Å². The monoisotopic (exact) mass is 279 g/mol. The molecule has 0 radical (unpaired) electrons. The topological polar surface area (TPSA) is 58.4 Å². The Morgan fingerprint density at radius 1 is 1.55 bits per heavy atom. The highest BCUT2D eigenvalue weighted by Crippen LogP contribution is 2.34. The summed E-state index contributed by atoms with van der Waals surface area (Å²) in [4.78, 5) is 14.0. The first-order valence-corrected chi connectivity index (χ1v) is 7.02. The highest BCUT2D eigenvalue weighted by atomic mass is 19.1. The summed E-state index contributed by atoms with van der Waals surface area (Å²) in [5, 5.41) is 2.57. The Labute approximate surface area is 119 Å². The van der Waals surface area contributed by atoms with Crippen molar-refractivity contribution < 1.29 is 9.18 Å². The molecule has 4 nitrogen and oxygen atoms in total. The van der Waals surface area contributed by atoms with E-state index in [1.807, 2.05) is 7.05 Å². The van der Waals surface area contributed by atoms with Crippen molar-refractivity contribution in [2.75, 3.05) is 24.6 Å². The highest BCUT2D eigenvalue weighted by molar-refractivity contribution is 5.91. The second-order valence-electron chi connectivity index (χ2n) is 5.60. The number of rotatable bonds is 6. The molecule has 0 aromatic heterocycles. The smallest absolute Gasteiger partial charge is 0.225 e. The molecule has 3 N–H and O–H groups in total. The number of hydrogen-bond acceptors (Lipinski definition) is 3. The number of benzene rings is 1. The van der Waals surface area contributed by atoms with Crippen LogP contribution < -0.4 is 11.1 Å². The van der Waals surface area contributed by atoms with Crippen LogP contribution in [0.1, 0.15) is 26.2 Å². The first-order chi connectivity index (χ1) is 9.47. The molecule has 0 aliphatic heterocycles. The van der Waals surface area contributed by atoms with E-state index in [1.54, 1.807) is 0 Å². The van der Waals surface area contributed by atoms with E-state index in [-0.39, 0.29) is 11.6 Å². The molecule has 110 valence electrons. The summed E-state index contributed by atoms with van der Waals surface area (Å²) in [6, 6.07) is 4.67. The molecule has 20 heavy (non-hydrogen) atoms. The first kappa shape index (κ1) is 14.8. The van der Waals surface area contributed by atoms with Gasteiger partial charge >= 0.3 is 0 Å². The average Bonchev–Trinajstić information content (AvgIpc) is 3.23. The lowest BCUT2D eigenvalue weighted by Gasteiger charge is -2.24. The third-order valence-electron chi connectivity index (χ3n) is 3.96. The molecule has 1 atom stereocenters. The van der Waals surface area contributed by atoms with Gasteiger partial charge in [0.05, 0.1) is 5.69 Å². The van der Waals surface area contributed by atoms with Gasteiger partial charge in [0.2, 0.25) is 5.91 Å². The van der Waals surface area contributed by atoms with Crippen molar-refractivity contribution in [3.8, 4) is 0 Å². The molecular formula is C15H22FN3O. The largest absolute Gasteiger partial charge is 0.399 e. The van der Waals surface area contributed by atoms with Crippen molar-refractivity contribution in [1.82, 2.24) is 4.90 Å². The molecular weight excluding hydrogens is 257 g/mol. The van der Waals surface area contributed by atoms with E-state index < -0.39 is 5.82 Å². The molecule has 1 aliphatic carbocycles. The average molecular weight is 279 g/mol. The molecule has 0 spiro atoms. The summed E-state index contributed by atoms with van der Waals surface area (Å²) >= 11 is 0. The number of nitrogens with one attached hydrogen (secondary N) is 1. The third-order valence-corrected chi connectivity index (χ3v) is 3.96. The van der Waals surface area contributed by atoms with E-state index in [0.29, 0.717) is 24.7 Å². The van der Waals surface area contributed by atoms with Gasteiger partial charge in [0.25, 0.3) is 0 Å². The van der Waals surface area contributed by atoms with Gasteiger partial charge in [-0.05, 0) is 50.9 Å². The second-order valence-corrected chi connectivity index (χ2v) is 5.60. The molecule has 2 rings (SSSR count). The standard InChI is InChI=1S/C15H22FN3O/c1-10(11-3-4-11)19(2)8-7-15(20)18-14-9-12(17)5-6-13(14)16/h5-6,9-11H,3-4,7-8,17H2,1-2H3,(H,18,20). The minimum absolute atomic E-state index is 0.146. The molecule has 1 fully saturated rings. The molecule has 0 saturated heterocycles. The van der Waals surface area contributed by atoms with Crippen LogP contribution in [0.25, 0.3) is 0 Å². The molecule has 0 bridgehead atoms. The van der Waals surface area contributed by atoms with Gasteiger partial charge in [-0.25, -0.2) is 4.39 Å². The van der Waals surface area contributed by atoms with Gasteiger partial charge < -0.3 is 16.0 Å². The van der Waals surface area contributed by atoms with E-state index >= 15 is 0 Å². The van der Waals surface area contributed by atoms with Crippen molar-refractivity contribution in [2.24, 2.45) is 5.92 Å². The van der Waals surface area contributed by atoms with Gasteiger partial charge in [-0.2, -0.15) is 0 Å². The number of carbonyl (C=O) groups is 1. The lowest BCUT2D eigenvalue weighted by atomic mass is 10.2. The maximum Gasteiger partial charge on any atom is 0.225 e.